The molecule has 2 N–H and O–H groups in total. The normalized spacial score (nSPS) is 14.3. The van der Waals surface area contributed by atoms with Gasteiger partial charge in [-0.05, 0) is 48.9 Å². The number of nitriles is 1. The van der Waals surface area contributed by atoms with Crippen molar-refractivity contribution in [3.05, 3.63) is 59.1 Å². The predicted octanol–water partition coefficient (Wildman–Crippen LogP) is 2.91. The van der Waals surface area contributed by atoms with Gasteiger partial charge in [0, 0.05) is 55.4 Å². The number of halogens is 1. The zero-order chi connectivity index (χ0) is 23.8. The van der Waals surface area contributed by atoms with Crippen LogP contribution in [0.3, 0.4) is 0 Å². The van der Waals surface area contributed by atoms with E-state index in [0.717, 1.165) is 0 Å². The molecule has 2 aromatic rings. The fraction of sp³-hybridized carbons (Fsp3) is 0.318. The summed E-state index contributed by atoms with van der Waals surface area (Å²) in [5, 5.41) is 11.9. The van der Waals surface area contributed by atoms with Crippen LogP contribution in [0.1, 0.15) is 23.2 Å². The third-order valence-electron chi connectivity index (χ3n) is 5.09. The Labute approximate surface area is 198 Å². The molecule has 174 valence electrons. The van der Waals surface area contributed by atoms with E-state index in [9.17, 15) is 18.0 Å². The molecule has 0 saturated carbocycles. The van der Waals surface area contributed by atoms with Gasteiger partial charge in [0.15, 0.2) is 0 Å². The fourth-order valence-corrected chi connectivity index (χ4v) is 4.60. The number of hydrogen-bond donors (Lipinski definition) is 2. The second kappa shape index (κ2) is 11.1. The number of benzene rings is 2. The molecule has 1 fully saturated rings. The molecule has 0 unspecified atom stereocenters. The van der Waals surface area contributed by atoms with Crippen molar-refractivity contribution in [2.24, 2.45) is 0 Å². The number of carbonyl (C=O) groups is 2. The highest BCUT2D eigenvalue weighted by molar-refractivity contribution is 7.89. The molecular formula is C22H24ClN5O4S. The first-order valence-corrected chi connectivity index (χ1v) is 12.2. The molecule has 0 radical (unpaired) electrons. The third kappa shape index (κ3) is 6.68. The van der Waals surface area contributed by atoms with E-state index in [2.05, 4.69) is 10.0 Å². The molecule has 1 saturated heterocycles. The number of urea groups is 1. The molecule has 0 spiro atoms. The Morgan fingerprint density at radius 2 is 1.73 bits per heavy atom. The van der Waals surface area contributed by atoms with Crippen molar-refractivity contribution in [1.82, 2.24) is 14.5 Å². The second-order valence-electron chi connectivity index (χ2n) is 7.40. The van der Waals surface area contributed by atoms with Crippen molar-refractivity contribution < 1.29 is 18.0 Å². The van der Waals surface area contributed by atoms with Crippen molar-refractivity contribution >= 4 is 39.2 Å². The van der Waals surface area contributed by atoms with Crippen LogP contribution in [0, 0.1) is 11.3 Å². The van der Waals surface area contributed by atoms with E-state index >= 15 is 0 Å². The van der Waals surface area contributed by atoms with Crippen LogP contribution in [-0.4, -0.2) is 62.9 Å². The van der Waals surface area contributed by atoms with Crippen LogP contribution in [0.5, 0.6) is 0 Å². The first kappa shape index (κ1) is 24.5. The summed E-state index contributed by atoms with van der Waals surface area (Å²) in [6.45, 7) is 1.73. The minimum absolute atomic E-state index is 0.0225. The summed E-state index contributed by atoms with van der Waals surface area (Å²) in [5.41, 5.74) is 0.963. The first-order chi connectivity index (χ1) is 15.8. The molecule has 0 aromatic heterocycles. The summed E-state index contributed by atoms with van der Waals surface area (Å²) in [6.07, 6.45) is 0.683. The molecule has 2 aromatic carbocycles. The van der Waals surface area contributed by atoms with Crippen LogP contribution in [-0.2, 0) is 10.0 Å². The molecule has 0 bridgehead atoms. The van der Waals surface area contributed by atoms with Gasteiger partial charge in [-0.3, -0.25) is 4.79 Å². The number of nitrogens with one attached hydrogen (secondary N) is 2. The highest BCUT2D eigenvalue weighted by Crippen LogP contribution is 2.17. The Balaban J connectivity index is 1.59. The van der Waals surface area contributed by atoms with Gasteiger partial charge < -0.3 is 15.1 Å². The van der Waals surface area contributed by atoms with Gasteiger partial charge in [0.25, 0.3) is 5.91 Å². The van der Waals surface area contributed by atoms with Gasteiger partial charge in [-0.2, -0.15) is 5.26 Å². The molecule has 1 aliphatic rings. The van der Waals surface area contributed by atoms with Crippen molar-refractivity contribution in [2.75, 3.05) is 38.0 Å². The standard InChI is InChI=1S/C22H24ClN5O4S/c23-18-4-1-5-19(16-18)26-22(30)28-13-3-12-27(14-15-28)21(29)17-6-8-20(9-7-17)33(31,32)25-11-2-10-24/h1,4-9,16,25H,2-3,11-15H2,(H,26,30). The van der Waals surface area contributed by atoms with E-state index in [0.29, 0.717) is 48.9 Å². The molecule has 0 atom stereocenters. The van der Waals surface area contributed by atoms with Crippen LogP contribution in [0.15, 0.2) is 53.4 Å². The molecule has 3 amide bonds. The average molecular weight is 490 g/mol. The van der Waals surface area contributed by atoms with Crippen LogP contribution in [0.4, 0.5) is 10.5 Å². The molecule has 0 aliphatic carbocycles. The van der Waals surface area contributed by atoms with E-state index in [1.165, 1.54) is 24.3 Å². The molecule has 1 heterocycles. The minimum atomic E-state index is -3.74. The number of nitrogens with zero attached hydrogens (tertiary/aromatic N) is 3. The molecule has 9 nitrogen and oxygen atoms in total. The number of amides is 3. The van der Waals surface area contributed by atoms with Crippen molar-refractivity contribution in [3.63, 3.8) is 0 Å². The summed E-state index contributed by atoms with van der Waals surface area (Å²) in [4.78, 5) is 28.8. The zero-order valence-electron chi connectivity index (χ0n) is 17.8. The number of anilines is 1. The highest BCUT2D eigenvalue weighted by atomic mass is 35.5. The van der Waals surface area contributed by atoms with E-state index < -0.39 is 10.0 Å². The second-order valence-corrected chi connectivity index (χ2v) is 9.61. The largest absolute Gasteiger partial charge is 0.337 e. The fourth-order valence-electron chi connectivity index (χ4n) is 3.38. The minimum Gasteiger partial charge on any atom is -0.337 e. The van der Waals surface area contributed by atoms with Crippen LogP contribution < -0.4 is 10.0 Å². The Morgan fingerprint density at radius 1 is 1.03 bits per heavy atom. The monoisotopic (exact) mass is 489 g/mol. The highest BCUT2D eigenvalue weighted by Gasteiger charge is 2.23. The summed E-state index contributed by atoms with van der Waals surface area (Å²) >= 11 is 5.96. The topological polar surface area (TPSA) is 123 Å². The van der Waals surface area contributed by atoms with Crippen LogP contribution in [0.25, 0.3) is 0 Å². The summed E-state index contributed by atoms with van der Waals surface area (Å²) in [7, 11) is -3.74. The van der Waals surface area contributed by atoms with Gasteiger partial charge in [0.2, 0.25) is 10.0 Å². The lowest BCUT2D eigenvalue weighted by Gasteiger charge is -2.22. The van der Waals surface area contributed by atoms with Gasteiger partial charge in [0.1, 0.15) is 0 Å². The maximum absolute atomic E-state index is 12.9. The average Bonchev–Trinajstić information content (AvgIpc) is 3.05. The van der Waals surface area contributed by atoms with Gasteiger partial charge in [-0.25, -0.2) is 17.9 Å². The molecule has 33 heavy (non-hydrogen) atoms. The van der Waals surface area contributed by atoms with E-state index in [1.54, 1.807) is 34.1 Å². The Bertz CT molecular complexity index is 1150. The van der Waals surface area contributed by atoms with Crippen molar-refractivity contribution in [3.8, 4) is 6.07 Å². The number of rotatable bonds is 6. The quantitative estimate of drug-likeness (QED) is 0.604. The van der Waals surface area contributed by atoms with Crippen LogP contribution in [0.2, 0.25) is 5.02 Å². The van der Waals surface area contributed by atoms with Gasteiger partial charge in [0.05, 0.1) is 11.0 Å². The number of hydrogen-bond acceptors (Lipinski definition) is 5. The van der Waals surface area contributed by atoms with Gasteiger partial charge in [-0.15, -0.1) is 0 Å². The lowest BCUT2D eigenvalue weighted by molar-refractivity contribution is 0.0762. The van der Waals surface area contributed by atoms with E-state index in [-0.39, 0.29) is 29.8 Å². The Kier molecular flexibility index (Phi) is 8.27. The maximum atomic E-state index is 12.9. The SMILES string of the molecule is N#CCCNS(=O)(=O)c1ccc(C(=O)N2CCCN(C(=O)Nc3cccc(Cl)c3)CC2)cc1. The Hall–Kier alpha value is -3.13. The molecule has 1 aliphatic heterocycles. The smallest absolute Gasteiger partial charge is 0.321 e. The van der Waals surface area contributed by atoms with E-state index in [1.807, 2.05) is 6.07 Å². The zero-order valence-corrected chi connectivity index (χ0v) is 19.4. The summed E-state index contributed by atoms with van der Waals surface area (Å²) in [6, 6.07) is 14.2. The predicted molar refractivity (Wildman–Crippen MR) is 124 cm³/mol. The van der Waals surface area contributed by atoms with E-state index in [4.69, 9.17) is 16.9 Å². The maximum Gasteiger partial charge on any atom is 0.321 e. The number of sulfonamides is 1. The summed E-state index contributed by atoms with van der Waals surface area (Å²) < 4.78 is 26.8. The Morgan fingerprint density at radius 3 is 2.42 bits per heavy atom. The molecule has 3 rings (SSSR count). The third-order valence-corrected chi connectivity index (χ3v) is 6.80. The number of carbonyl (C=O) groups excluding carboxylic acids is 2. The lowest BCUT2D eigenvalue weighted by atomic mass is 10.2. The lowest BCUT2D eigenvalue weighted by Crippen LogP contribution is -2.39. The first-order valence-electron chi connectivity index (χ1n) is 10.4. The van der Waals surface area contributed by atoms with Crippen LogP contribution >= 0.6 is 11.6 Å². The van der Waals surface area contributed by atoms with Crippen molar-refractivity contribution in [2.45, 2.75) is 17.7 Å². The van der Waals surface area contributed by atoms with Gasteiger partial charge in [-0.1, -0.05) is 17.7 Å². The summed E-state index contributed by atoms with van der Waals surface area (Å²) in [5.74, 6) is -0.228. The molecule has 11 heteroatoms. The molecular weight excluding hydrogens is 466 g/mol. The van der Waals surface area contributed by atoms with Gasteiger partial charge >= 0.3 is 6.03 Å². The van der Waals surface area contributed by atoms with Crippen molar-refractivity contribution in [1.29, 1.82) is 5.26 Å².